The molecule has 2 aromatic rings. The maximum Gasteiger partial charge on any atom is 0.283 e. The van der Waals surface area contributed by atoms with Crippen LogP contribution in [0.3, 0.4) is 0 Å². The first-order chi connectivity index (χ1) is 10.0. The van der Waals surface area contributed by atoms with Crippen LogP contribution in [0.4, 0.5) is 5.69 Å². The van der Waals surface area contributed by atoms with Gasteiger partial charge in [-0.1, -0.05) is 29.8 Å². The second kappa shape index (κ2) is 6.89. The van der Waals surface area contributed by atoms with Gasteiger partial charge >= 0.3 is 0 Å². The zero-order chi connectivity index (χ0) is 15.4. The lowest BCUT2D eigenvalue weighted by Crippen LogP contribution is -2.00. The Morgan fingerprint density at radius 1 is 1.33 bits per heavy atom. The average molecular weight is 372 g/mol. The number of benzene rings is 2. The molecule has 2 N–H and O–H groups in total. The summed E-state index contributed by atoms with van der Waals surface area (Å²) in [6.45, 7) is 0.570. The molecule has 0 saturated heterocycles. The minimum atomic E-state index is -0.448. The van der Waals surface area contributed by atoms with Crippen molar-refractivity contribution in [1.29, 1.82) is 0 Å². The number of ether oxygens (including phenoxy) is 1. The summed E-state index contributed by atoms with van der Waals surface area (Å²) in [5.41, 5.74) is 7.11. The lowest BCUT2D eigenvalue weighted by molar-refractivity contribution is -0.385. The predicted octanol–water partition coefficient (Wildman–Crippen LogP) is 4.05. The van der Waals surface area contributed by atoms with Gasteiger partial charge in [-0.25, -0.2) is 0 Å². The largest absolute Gasteiger partial charge is 0.487 e. The second-order valence-electron chi connectivity index (χ2n) is 4.26. The third-order valence-electron chi connectivity index (χ3n) is 2.87. The Bertz CT molecular complexity index is 679. The molecule has 0 aliphatic heterocycles. The zero-order valence-electron chi connectivity index (χ0n) is 10.9. The van der Waals surface area contributed by atoms with Crippen LogP contribution in [0.1, 0.15) is 11.1 Å². The van der Waals surface area contributed by atoms with Crippen LogP contribution >= 0.6 is 27.5 Å². The Hall–Kier alpha value is -1.63. The highest BCUT2D eigenvalue weighted by Crippen LogP contribution is 2.31. The summed E-state index contributed by atoms with van der Waals surface area (Å²) >= 11 is 9.32. The highest BCUT2D eigenvalue weighted by Gasteiger charge is 2.15. The zero-order valence-corrected chi connectivity index (χ0v) is 13.2. The lowest BCUT2D eigenvalue weighted by Gasteiger charge is -2.10. The van der Waals surface area contributed by atoms with Crippen molar-refractivity contribution < 1.29 is 9.66 Å². The molecule has 21 heavy (non-hydrogen) atoms. The van der Waals surface area contributed by atoms with Gasteiger partial charge in [-0.2, -0.15) is 0 Å². The summed E-state index contributed by atoms with van der Waals surface area (Å²) < 4.78 is 6.02. The first kappa shape index (κ1) is 15.8. The van der Waals surface area contributed by atoms with Gasteiger partial charge in [-0.3, -0.25) is 10.1 Å². The Balaban J connectivity index is 2.17. The van der Waals surface area contributed by atoms with E-state index in [1.54, 1.807) is 24.3 Å². The normalized spacial score (nSPS) is 10.4. The molecule has 0 aliphatic carbocycles. The molecule has 0 saturated carbocycles. The number of nitro benzene ring substituents is 1. The van der Waals surface area contributed by atoms with Crippen LogP contribution in [0.2, 0.25) is 5.02 Å². The van der Waals surface area contributed by atoms with Gasteiger partial charge in [0, 0.05) is 18.2 Å². The highest BCUT2D eigenvalue weighted by atomic mass is 79.9. The summed E-state index contributed by atoms with van der Waals surface area (Å²) in [4.78, 5) is 10.4. The number of rotatable bonds is 5. The van der Waals surface area contributed by atoms with E-state index in [9.17, 15) is 10.1 Å². The molecule has 0 fully saturated rings. The van der Waals surface area contributed by atoms with Gasteiger partial charge in [0.1, 0.15) is 16.8 Å². The van der Waals surface area contributed by atoms with Crippen molar-refractivity contribution >= 4 is 33.2 Å². The molecular weight excluding hydrogens is 360 g/mol. The molecule has 5 nitrogen and oxygen atoms in total. The topological polar surface area (TPSA) is 78.4 Å². The molecule has 2 aromatic carbocycles. The van der Waals surface area contributed by atoms with Crippen LogP contribution in [-0.4, -0.2) is 4.92 Å². The number of nitrogens with two attached hydrogens (primary N) is 1. The van der Waals surface area contributed by atoms with Crippen LogP contribution in [0, 0.1) is 10.1 Å². The van der Waals surface area contributed by atoms with E-state index < -0.39 is 4.92 Å². The van der Waals surface area contributed by atoms with E-state index in [4.69, 9.17) is 22.1 Å². The number of halogens is 2. The van der Waals surface area contributed by atoms with Gasteiger partial charge in [-0.05, 0) is 33.6 Å². The molecule has 0 heterocycles. The predicted molar refractivity (Wildman–Crippen MR) is 84.5 cm³/mol. The fraction of sp³-hybridized carbons (Fsp3) is 0.143. The van der Waals surface area contributed by atoms with Gasteiger partial charge < -0.3 is 10.5 Å². The summed E-state index contributed by atoms with van der Waals surface area (Å²) in [5, 5.41) is 11.3. The standard InChI is InChI=1S/C14H12BrClN2O3/c15-14-10(2-1-3-12(14)18(19)20)8-21-13-5-4-9(7-17)6-11(13)16/h1-6H,7-8,17H2. The minimum Gasteiger partial charge on any atom is -0.487 e. The quantitative estimate of drug-likeness (QED) is 0.635. The molecule has 0 radical (unpaired) electrons. The molecule has 0 spiro atoms. The fourth-order valence-electron chi connectivity index (χ4n) is 1.76. The molecule has 0 aliphatic rings. The van der Waals surface area contributed by atoms with E-state index in [1.807, 2.05) is 6.07 Å². The Labute approximate surface area is 134 Å². The molecule has 7 heteroatoms. The Morgan fingerprint density at radius 3 is 2.71 bits per heavy atom. The maximum atomic E-state index is 10.9. The van der Waals surface area contributed by atoms with Gasteiger partial charge in [0.2, 0.25) is 0 Å². The van der Waals surface area contributed by atoms with E-state index in [0.717, 1.165) is 5.56 Å². The molecule has 0 unspecified atom stereocenters. The average Bonchev–Trinajstić information content (AvgIpc) is 2.46. The molecular formula is C14H12BrClN2O3. The van der Waals surface area contributed by atoms with Crippen molar-refractivity contribution in [2.75, 3.05) is 0 Å². The van der Waals surface area contributed by atoms with Gasteiger partial charge in [0.25, 0.3) is 5.69 Å². The summed E-state index contributed by atoms with van der Waals surface area (Å²) in [6, 6.07) is 10.1. The summed E-state index contributed by atoms with van der Waals surface area (Å²) in [5.74, 6) is 0.507. The van der Waals surface area contributed by atoms with Crippen molar-refractivity contribution in [3.8, 4) is 5.75 Å². The molecule has 0 aromatic heterocycles. The molecule has 110 valence electrons. The van der Waals surface area contributed by atoms with Crippen molar-refractivity contribution in [1.82, 2.24) is 0 Å². The van der Waals surface area contributed by atoms with Crippen LogP contribution in [0.25, 0.3) is 0 Å². The maximum absolute atomic E-state index is 10.9. The SMILES string of the molecule is NCc1ccc(OCc2cccc([N+](=O)[O-])c2Br)c(Cl)c1. The molecule has 0 bridgehead atoms. The Kier molecular flexibility index (Phi) is 5.17. The smallest absolute Gasteiger partial charge is 0.283 e. The number of nitro groups is 1. The third kappa shape index (κ3) is 3.72. The van der Waals surface area contributed by atoms with Crippen LogP contribution in [-0.2, 0) is 13.2 Å². The van der Waals surface area contributed by atoms with Crippen LogP contribution in [0.15, 0.2) is 40.9 Å². The summed E-state index contributed by atoms with van der Waals surface area (Å²) in [7, 11) is 0. The fourth-order valence-corrected chi connectivity index (χ4v) is 2.54. The van der Waals surface area contributed by atoms with Crippen LogP contribution < -0.4 is 10.5 Å². The highest BCUT2D eigenvalue weighted by molar-refractivity contribution is 9.10. The first-order valence-corrected chi connectivity index (χ1v) is 7.23. The third-order valence-corrected chi connectivity index (χ3v) is 4.08. The second-order valence-corrected chi connectivity index (χ2v) is 5.47. The van der Waals surface area contributed by atoms with Gasteiger partial charge in [0.15, 0.2) is 0 Å². The van der Waals surface area contributed by atoms with Crippen molar-refractivity contribution in [2.24, 2.45) is 5.73 Å². The number of hydrogen-bond acceptors (Lipinski definition) is 4. The van der Waals surface area contributed by atoms with Crippen molar-refractivity contribution in [3.05, 3.63) is 67.1 Å². The van der Waals surface area contributed by atoms with Gasteiger partial charge in [0.05, 0.1) is 9.95 Å². The molecule has 0 amide bonds. The number of hydrogen-bond donors (Lipinski definition) is 1. The van der Waals surface area contributed by atoms with Crippen LogP contribution in [0.5, 0.6) is 5.75 Å². The van der Waals surface area contributed by atoms with Crippen molar-refractivity contribution in [3.63, 3.8) is 0 Å². The van der Waals surface area contributed by atoms with E-state index in [0.29, 0.717) is 27.4 Å². The van der Waals surface area contributed by atoms with E-state index in [2.05, 4.69) is 15.9 Å². The molecule has 2 rings (SSSR count). The van der Waals surface area contributed by atoms with Gasteiger partial charge in [-0.15, -0.1) is 0 Å². The number of nitrogens with zero attached hydrogens (tertiary/aromatic N) is 1. The Morgan fingerprint density at radius 2 is 2.10 bits per heavy atom. The lowest BCUT2D eigenvalue weighted by atomic mass is 10.2. The first-order valence-electron chi connectivity index (χ1n) is 6.06. The monoisotopic (exact) mass is 370 g/mol. The van der Waals surface area contributed by atoms with E-state index >= 15 is 0 Å². The van der Waals surface area contributed by atoms with Crippen molar-refractivity contribution in [2.45, 2.75) is 13.2 Å². The minimum absolute atomic E-state index is 0.000626. The molecule has 0 atom stereocenters. The summed E-state index contributed by atoms with van der Waals surface area (Å²) in [6.07, 6.45) is 0. The van der Waals surface area contributed by atoms with E-state index in [1.165, 1.54) is 6.07 Å². The van der Waals surface area contributed by atoms with E-state index in [-0.39, 0.29) is 12.3 Å².